The normalized spacial score (nSPS) is 11.1. The van der Waals surface area contributed by atoms with Crippen molar-refractivity contribution in [2.75, 3.05) is 20.3 Å². The summed E-state index contributed by atoms with van der Waals surface area (Å²) in [5.41, 5.74) is 1.79. The van der Waals surface area contributed by atoms with E-state index in [4.69, 9.17) is 13.6 Å². The number of aryl methyl sites for hydroxylation is 2. The van der Waals surface area contributed by atoms with E-state index in [1.807, 2.05) is 19.9 Å². The molecule has 98 valence electrons. The summed E-state index contributed by atoms with van der Waals surface area (Å²) in [6, 6.07) is 1.93. The number of hydrogen-bond donors (Lipinski definition) is 1. The molecule has 0 saturated carbocycles. The number of methoxy groups -OCH3 is 1. The van der Waals surface area contributed by atoms with Gasteiger partial charge in [0.25, 0.3) is 0 Å². The van der Waals surface area contributed by atoms with Gasteiger partial charge in [-0.05, 0) is 19.9 Å². The molecule has 2 aromatic heterocycles. The third-order valence-corrected chi connectivity index (χ3v) is 2.61. The van der Waals surface area contributed by atoms with Crippen LogP contribution < -0.4 is 5.32 Å². The minimum absolute atomic E-state index is 0.605. The Bertz CT molecular complexity index is 502. The van der Waals surface area contributed by atoms with Crippen LogP contribution in [0.5, 0.6) is 0 Å². The number of oxazole rings is 1. The fraction of sp³-hybridized carbons (Fsp3) is 0.462. The third-order valence-electron chi connectivity index (χ3n) is 2.61. The van der Waals surface area contributed by atoms with E-state index in [-0.39, 0.29) is 0 Å². The van der Waals surface area contributed by atoms with Crippen LogP contribution in [0.15, 0.2) is 21.2 Å². The molecule has 2 heterocycles. The van der Waals surface area contributed by atoms with E-state index in [2.05, 4.69) is 10.3 Å². The van der Waals surface area contributed by atoms with Crippen LogP contribution >= 0.6 is 0 Å². The first-order chi connectivity index (χ1) is 8.70. The predicted molar refractivity (Wildman–Crippen MR) is 67.3 cm³/mol. The molecular formula is C13H18N2O3. The van der Waals surface area contributed by atoms with E-state index in [0.717, 1.165) is 29.3 Å². The number of hydrogen-bond acceptors (Lipinski definition) is 5. The maximum absolute atomic E-state index is 5.46. The Balaban J connectivity index is 1.99. The van der Waals surface area contributed by atoms with Crippen LogP contribution in [0, 0.1) is 13.8 Å². The summed E-state index contributed by atoms with van der Waals surface area (Å²) in [4.78, 5) is 4.42. The minimum Gasteiger partial charge on any atom is -0.466 e. The van der Waals surface area contributed by atoms with Crippen LogP contribution in [0.2, 0.25) is 0 Å². The van der Waals surface area contributed by atoms with E-state index < -0.39 is 0 Å². The number of nitrogens with one attached hydrogen (secondary N) is 1. The van der Waals surface area contributed by atoms with Crippen LogP contribution in [0.1, 0.15) is 17.2 Å². The smallest absolute Gasteiger partial charge is 0.229 e. The maximum atomic E-state index is 5.46. The number of ether oxygens (including phenoxy) is 1. The van der Waals surface area contributed by atoms with Gasteiger partial charge in [0.05, 0.1) is 17.9 Å². The lowest BCUT2D eigenvalue weighted by Gasteiger charge is -1.99. The molecule has 0 saturated heterocycles. The second-order valence-corrected chi connectivity index (χ2v) is 4.14. The summed E-state index contributed by atoms with van der Waals surface area (Å²) in [7, 11) is 1.68. The molecule has 0 radical (unpaired) electrons. The molecule has 0 aliphatic rings. The van der Waals surface area contributed by atoms with Crippen molar-refractivity contribution in [1.82, 2.24) is 10.3 Å². The van der Waals surface area contributed by atoms with E-state index in [1.165, 1.54) is 0 Å². The molecule has 0 fully saturated rings. The Hall–Kier alpha value is -1.59. The summed E-state index contributed by atoms with van der Waals surface area (Å²) in [5.74, 6) is 2.29. The van der Waals surface area contributed by atoms with Gasteiger partial charge >= 0.3 is 0 Å². The van der Waals surface area contributed by atoms with E-state index in [1.54, 1.807) is 13.4 Å². The Morgan fingerprint density at radius 1 is 1.39 bits per heavy atom. The summed E-state index contributed by atoms with van der Waals surface area (Å²) in [6.07, 6.45) is 1.66. The van der Waals surface area contributed by atoms with E-state index >= 15 is 0 Å². The molecule has 0 aromatic carbocycles. The Kier molecular flexibility index (Phi) is 4.17. The Morgan fingerprint density at radius 2 is 2.22 bits per heavy atom. The first-order valence-corrected chi connectivity index (χ1v) is 5.92. The van der Waals surface area contributed by atoms with Gasteiger partial charge in [0.2, 0.25) is 5.89 Å². The van der Waals surface area contributed by atoms with Crippen molar-refractivity contribution in [1.29, 1.82) is 0 Å². The van der Waals surface area contributed by atoms with Crippen LogP contribution in [0.3, 0.4) is 0 Å². The van der Waals surface area contributed by atoms with Crippen LogP contribution in [0.25, 0.3) is 11.5 Å². The van der Waals surface area contributed by atoms with E-state index in [0.29, 0.717) is 19.0 Å². The van der Waals surface area contributed by atoms with Crippen molar-refractivity contribution in [2.45, 2.75) is 20.4 Å². The highest BCUT2D eigenvalue weighted by molar-refractivity contribution is 5.56. The summed E-state index contributed by atoms with van der Waals surface area (Å²) in [6.45, 7) is 5.96. The van der Waals surface area contributed by atoms with Gasteiger partial charge in [-0.1, -0.05) is 0 Å². The average Bonchev–Trinajstić information content (AvgIpc) is 2.91. The van der Waals surface area contributed by atoms with E-state index in [9.17, 15) is 0 Å². The number of furan rings is 1. The molecular weight excluding hydrogens is 232 g/mol. The monoisotopic (exact) mass is 250 g/mol. The lowest BCUT2D eigenvalue weighted by Crippen LogP contribution is -2.18. The molecule has 2 aromatic rings. The third kappa shape index (κ3) is 3.00. The maximum Gasteiger partial charge on any atom is 0.229 e. The fourth-order valence-corrected chi connectivity index (χ4v) is 1.75. The summed E-state index contributed by atoms with van der Waals surface area (Å²) in [5, 5.41) is 3.22. The second kappa shape index (κ2) is 5.84. The van der Waals surface area contributed by atoms with Gasteiger partial charge in [0, 0.05) is 20.2 Å². The van der Waals surface area contributed by atoms with Crippen LogP contribution in [-0.4, -0.2) is 25.2 Å². The molecule has 0 spiro atoms. The molecule has 0 aliphatic heterocycles. The van der Waals surface area contributed by atoms with Gasteiger partial charge < -0.3 is 18.9 Å². The van der Waals surface area contributed by atoms with Crippen molar-refractivity contribution in [3.8, 4) is 11.5 Å². The highest BCUT2D eigenvalue weighted by Gasteiger charge is 2.12. The van der Waals surface area contributed by atoms with Gasteiger partial charge in [-0.2, -0.15) is 0 Å². The highest BCUT2D eigenvalue weighted by Crippen LogP contribution is 2.25. The Morgan fingerprint density at radius 3 is 2.89 bits per heavy atom. The molecule has 5 nitrogen and oxygen atoms in total. The molecule has 18 heavy (non-hydrogen) atoms. The van der Waals surface area contributed by atoms with Crippen molar-refractivity contribution in [3.05, 3.63) is 29.5 Å². The Labute approximate surface area is 106 Å². The predicted octanol–water partition coefficient (Wildman–Crippen LogP) is 2.29. The number of rotatable bonds is 6. The molecule has 2 rings (SSSR count). The van der Waals surface area contributed by atoms with Crippen molar-refractivity contribution < 1.29 is 13.6 Å². The van der Waals surface area contributed by atoms with Gasteiger partial charge in [-0.3, -0.25) is 0 Å². The highest BCUT2D eigenvalue weighted by atomic mass is 16.5. The average molecular weight is 250 g/mol. The van der Waals surface area contributed by atoms with Gasteiger partial charge in [0.15, 0.2) is 0 Å². The first kappa shape index (κ1) is 12.9. The quantitative estimate of drug-likeness (QED) is 0.797. The lowest BCUT2D eigenvalue weighted by atomic mass is 10.2. The van der Waals surface area contributed by atoms with Gasteiger partial charge in [-0.15, -0.1) is 0 Å². The largest absolute Gasteiger partial charge is 0.466 e. The zero-order valence-corrected chi connectivity index (χ0v) is 10.9. The molecule has 0 atom stereocenters. The fourth-order valence-electron chi connectivity index (χ4n) is 1.75. The molecule has 0 aliphatic carbocycles. The standard InChI is InChI=1S/C13H18N2O3/c1-9-6-12(10(2)18-9)13-15-11(8-17-13)7-14-4-5-16-3/h6,8,14H,4-5,7H2,1-3H3. The lowest BCUT2D eigenvalue weighted by molar-refractivity contribution is 0.199. The second-order valence-electron chi connectivity index (χ2n) is 4.14. The van der Waals surface area contributed by atoms with Crippen LogP contribution in [0.4, 0.5) is 0 Å². The molecule has 0 amide bonds. The molecule has 1 N–H and O–H groups in total. The SMILES string of the molecule is COCCNCc1coc(-c2cc(C)oc2C)n1. The zero-order chi connectivity index (χ0) is 13.0. The molecule has 0 unspecified atom stereocenters. The van der Waals surface area contributed by atoms with Crippen LogP contribution in [-0.2, 0) is 11.3 Å². The summed E-state index contributed by atoms with van der Waals surface area (Å²) >= 11 is 0. The van der Waals surface area contributed by atoms with Crippen molar-refractivity contribution >= 4 is 0 Å². The van der Waals surface area contributed by atoms with Crippen molar-refractivity contribution in [2.24, 2.45) is 0 Å². The topological polar surface area (TPSA) is 60.4 Å². The number of aromatic nitrogens is 1. The molecule has 5 heteroatoms. The molecule has 0 bridgehead atoms. The summed E-state index contributed by atoms with van der Waals surface area (Å²) < 4.78 is 15.9. The van der Waals surface area contributed by atoms with Gasteiger partial charge in [-0.25, -0.2) is 4.98 Å². The minimum atomic E-state index is 0.605. The first-order valence-electron chi connectivity index (χ1n) is 5.92. The van der Waals surface area contributed by atoms with Crippen molar-refractivity contribution in [3.63, 3.8) is 0 Å². The van der Waals surface area contributed by atoms with Gasteiger partial charge in [0.1, 0.15) is 17.8 Å². The number of nitrogens with zero attached hydrogens (tertiary/aromatic N) is 1. The zero-order valence-electron chi connectivity index (χ0n) is 10.9.